The third kappa shape index (κ3) is 6.00. The van der Waals surface area contributed by atoms with Gasteiger partial charge < -0.3 is 14.4 Å². The molecule has 2 aromatic rings. The average Bonchev–Trinajstić information content (AvgIpc) is 2.85. The van der Waals surface area contributed by atoms with Crippen LogP contribution in [-0.2, 0) is 22.3 Å². The van der Waals surface area contributed by atoms with Crippen molar-refractivity contribution in [1.29, 1.82) is 0 Å². The number of hydrogen-bond acceptors (Lipinski definition) is 8. The molecule has 1 fully saturated rings. The van der Waals surface area contributed by atoms with Crippen molar-refractivity contribution in [3.8, 4) is 0 Å². The monoisotopic (exact) mass is 508 g/mol. The highest BCUT2D eigenvalue weighted by Gasteiger charge is 2.38. The molecular weight excluding hydrogens is 485 g/mol. The van der Waals surface area contributed by atoms with Gasteiger partial charge in [-0.15, -0.1) is 0 Å². The van der Waals surface area contributed by atoms with Gasteiger partial charge in [-0.05, 0) is 23.4 Å². The van der Waals surface area contributed by atoms with Crippen molar-refractivity contribution in [3.05, 3.63) is 69.3 Å². The molecule has 186 valence electrons. The Morgan fingerprint density at radius 2 is 1.89 bits per heavy atom. The number of nitro groups is 1. The van der Waals surface area contributed by atoms with Crippen LogP contribution < -0.4 is 0 Å². The molecule has 2 aliphatic heterocycles. The van der Waals surface area contributed by atoms with Gasteiger partial charge in [0.2, 0.25) is 0 Å². The fraction of sp³-hybridized carbons (Fsp3) is 0.391. The Balaban J connectivity index is 1.39. The third-order valence-electron chi connectivity index (χ3n) is 5.82. The summed E-state index contributed by atoms with van der Waals surface area (Å²) < 4.78 is 45.5. The number of ether oxygens (including phenoxy) is 1. The molecule has 0 bridgehead atoms. The van der Waals surface area contributed by atoms with Crippen molar-refractivity contribution in [3.63, 3.8) is 0 Å². The van der Waals surface area contributed by atoms with E-state index in [1.165, 1.54) is 0 Å². The van der Waals surface area contributed by atoms with Crippen molar-refractivity contribution < 1.29 is 27.6 Å². The molecule has 0 radical (unpaired) electrons. The average molecular weight is 509 g/mol. The highest BCUT2D eigenvalue weighted by atomic mass is 32.2. The first kappa shape index (κ1) is 25.1. The molecule has 1 atom stereocenters. The van der Waals surface area contributed by atoms with Gasteiger partial charge in [-0.2, -0.15) is 13.2 Å². The zero-order chi connectivity index (χ0) is 25.0. The predicted molar refractivity (Wildman–Crippen MR) is 124 cm³/mol. The molecule has 0 aliphatic carbocycles. The van der Waals surface area contributed by atoms with Gasteiger partial charge in [0, 0.05) is 44.4 Å². The summed E-state index contributed by atoms with van der Waals surface area (Å²) in [5.74, 6) is 0. The topological polar surface area (TPSA) is 88.3 Å². The molecular formula is C23H23F3N4O4S. The number of hydrogen-bond donors (Lipinski definition) is 0. The Morgan fingerprint density at radius 1 is 1.17 bits per heavy atom. The molecule has 2 heterocycles. The fourth-order valence-corrected chi connectivity index (χ4v) is 5.14. The number of carbonyl (C=O) groups excluding carboxylic acids is 1. The molecule has 4 rings (SSSR count). The quantitative estimate of drug-likeness (QED) is 0.240. The second-order valence-corrected chi connectivity index (χ2v) is 9.11. The predicted octanol–water partition coefficient (Wildman–Crippen LogP) is 4.15. The van der Waals surface area contributed by atoms with Crippen molar-refractivity contribution in [2.45, 2.75) is 23.7 Å². The summed E-state index contributed by atoms with van der Waals surface area (Å²) in [6, 6.07) is 9.94. The van der Waals surface area contributed by atoms with E-state index in [0.717, 1.165) is 29.9 Å². The highest BCUT2D eigenvalue weighted by molar-refractivity contribution is 8.14. The molecule has 0 spiro atoms. The van der Waals surface area contributed by atoms with Crippen molar-refractivity contribution >= 4 is 28.9 Å². The lowest BCUT2D eigenvalue weighted by Gasteiger charge is -2.37. The number of nitrogens with zero attached hydrogens (tertiary/aromatic N) is 4. The van der Waals surface area contributed by atoms with Gasteiger partial charge in [-0.25, -0.2) is 4.99 Å². The van der Waals surface area contributed by atoms with Gasteiger partial charge >= 0.3 is 6.18 Å². The Kier molecular flexibility index (Phi) is 7.72. The number of benzene rings is 2. The molecule has 12 heteroatoms. The van der Waals surface area contributed by atoms with Crippen molar-refractivity contribution in [2.24, 2.45) is 4.99 Å². The first-order chi connectivity index (χ1) is 16.8. The number of nitro benzene ring substituents is 1. The summed E-state index contributed by atoms with van der Waals surface area (Å²) >= 11 is 0.942. The maximum atomic E-state index is 13.3. The van der Waals surface area contributed by atoms with Crippen LogP contribution in [0, 0.1) is 10.1 Å². The van der Waals surface area contributed by atoms with E-state index in [4.69, 9.17) is 4.74 Å². The third-order valence-corrected chi connectivity index (χ3v) is 7.01. The smallest absolute Gasteiger partial charge is 0.375 e. The maximum absolute atomic E-state index is 13.3. The van der Waals surface area contributed by atoms with Crippen LogP contribution in [0.15, 0.2) is 52.4 Å². The number of amidine groups is 1. The summed E-state index contributed by atoms with van der Waals surface area (Å²) in [5.41, 5.74) is -0.832. The van der Waals surface area contributed by atoms with Gasteiger partial charge in [0.05, 0.1) is 28.6 Å². The van der Waals surface area contributed by atoms with E-state index in [-0.39, 0.29) is 10.5 Å². The van der Waals surface area contributed by atoms with Gasteiger partial charge in [0.15, 0.2) is 5.17 Å². The van der Waals surface area contributed by atoms with E-state index >= 15 is 0 Å². The van der Waals surface area contributed by atoms with Crippen LogP contribution in [0.4, 0.5) is 18.9 Å². The zero-order valence-electron chi connectivity index (χ0n) is 18.6. The van der Waals surface area contributed by atoms with Gasteiger partial charge in [0.25, 0.3) is 5.69 Å². The number of fused-ring (bicyclic) bond motifs is 1. The van der Waals surface area contributed by atoms with Crippen LogP contribution in [0.1, 0.15) is 22.7 Å². The van der Waals surface area contributed by atoms with Crippen LogP contribution in [-0.4, -0.2) is 65.5 Å². The first-order valence-electron chi connectivity index (χ1n) is 11.0. The summed E-state index contributed by atoms with van der Waals surface area (Å²) in [6.45, 7) is 4.38. The summed E-state index contributed by atoms with van der Waals surface area (Å²) in [5, 5.41) is 12.0. The zero-order valence-corrected chi connectivity index (χ0v) is 19.4. The molecule has 2 aliphatic rings. The number of thioether (sulfide) groups is 1. The largest absolute Gasteiger partial charge is 0.416 e. The highest BCUT2D eigenvalue weighted by Crippen LogP contribution is 2.45. The van der Waals surface area contributed by atoms with E-state index in [2.05, 4.69) is 9.89 Å². The number of halogens is 3. The van der Waals surface area contributed by atoms with E-state index in [0.29, 0.717) is 56.9 Å². The Hall–Kier alpha value is -2.96. The molecule has 0 aromatic heterocycles. The minimum Gasteiger partial charge on any atom is -0.375 e. The molecule has 8 nitrogen and oxygen atoms in total. The van der Waals surface area contributed by atoms with Crippen LogP contribution in [0.2, 0.25) is 0 Å². The summed E-state index contributed by atoms with van der Waals surface area (Å²) in [6.07, 6.45) is -4.36. The Morgan fingerprint density at radius 3 is 2.51 bits per heavy atom. The number of aldehydes is 1. The van der Waals surface area contributed by atoms with Crippen molar-refractivity contribution in [2.75, 3.05) is 39.3 Å². The second-order valence-electron chi connectivity index (χ2n) is 8.13. The number of piperazine rings is 1. The van der Waals surface area contributed by atoms with Gasteiger partial charge in [-0.1, -0.05) is 30.3 Å². The number of alkyl halides is 3. The van der Waals surface area contributed by atoms with Crippen LogP contribution in [0.3, 0.4) is 0 Å². The fourth-order valence-electron chi connectivity index (χ4n) is 3.94. The van der Waals surface area contributed by atoms with E-state index in [1.54, 1.807) is 0 Å². The van der Waals surface area contributed by atoms with Crippen LogP contribution in [0.5, 0.6) is 0 Å². The maximum Gasteiger partial charge on any atom is 0.416 e. The minimum atomic E-state index is -4.77. The van der Waals surface area contributed by atoms with E-state index < -0.39 is 28.4 Å². The van der Waals surface area contributed by atoms with Crippen LogP contribution in [0.25, 0.3) is 0 Å². The number of rotatable bonds is 7. The number of aliphatic imine (C=N–C) groups is 1. The standard InChI is InChI=1S/C23H23F3N4O4S/c24-23(25,26)17-12-18-19(14-31)27-22(35-21(18)20(13-17)30(32)33)29-8-6-28(7-9-29)10-11-34-15-16-4-2-1-3-5-16/h1-5,12-14,19H,6-11,15H2. The lowest BCUT2D eigenvalue weighted by atomic mass is 10.0. The molecule has 1 saturated heterocycles. The van der Waals surface area contributed by atoms with Gasteiger partial charge in [0.1, 0.15) is 12.3 Å². The lowest BCUT2D eigenvalue weighted by Crippen LogP contribution is -2.49. The van der Waals surface area contributed by atoms with E-state index in [9.17, 15) is 28.1 Å². The van der Waals surface area contributed by atoms with Crippen molar-refractivity contribution in [1.82, 2.24) is 9.80 Å². The Labute approximate surface area is 203 Å². The molecule has 2 aromatic carbocycles. The van der Waals surface area contributed by atoms with E-state index in [1.807, 2.05) is 35.2 Å². The minimum absolute atomic E-state index is 0.0295. The molecule has 0 saturated carbocycles. The van der Waals surface area contributed by atoms with Gasteiger partial charge in [-0.3, -0.25) is 15.0 Å². The SMILES string of the molecule is O=CC1N=C(N2CCN(CCOCc3ccccc3)CC2)Sc2c1cc(C(F)(F)F)cc2[N+](=O)[O-]. The Bertz CT molecular complexity index is 1110. The molecule has 1 unspecified atom stereocenters. The first-order valence-corrected chi connectivity index (χ1v) is 11.8. The molecule has 35 heavy (non-hydrogen) atoms. The second kappa shape index (κ2) is 10.8. The number of carbonyl (C=O) groups is 1. The summed E-state index contributed by atoms with van der Waals surface area (Å²) in [4.78, 5) is 30.9. The molecule has 0 amide bonds. The van der Waals surface area contributed by atoms with Crippen LogP contribution >= 0.6 is 11.8 Å². The molecule has 0 N–H and O–H groups in total. The normalized spacial score (nSPS) is 18.7. The lowest BCUT2D eigenvalue weighted by molar-refractivity contribution is -0.388. The summed E-state index contributed by atoms with van der Waals surface area (Å²) in [7, 11) is 0.